The summed E-state index contributed by atoms with van der Waals surface area (Å²) in [6.45, 7) is 1.28. The molecule has 108 valence electrons. The Morgan fingerprint density at radius 3 is 1.68 bits per heavy atom. The van der Waals surface area contributed by atoms with Crippen molar-refractivity contribution in [3.63, 3.8) is 0 Å². The Bertz CT molecular complexity index is 447. The summed E-state index contributed by atoms with van der Waals surface area (Å²) in [7, 11) is 1.44. The van der Waals surface area contributed by atoms with Crippen LogP contribution in [-0.2, 0) is 5.67 Å². The molecule has 0 saturated heterocycles. The van der Waals surface area contributed by atoms with Gasteiger partial charge in [0.1, 0.15) is 0 Å². The van der Waals surface area contributed by atoms with Gasteiger partial charge < -0.3 is 5.32 Å². The van der Waals surface area contributed by atoms with Crippen LogP contribution < -0.4 is 5.32 Å². The Balaban J connectivity index is 3.48. The zero-order valence-corrected chi connectivity index (χ0v) is 9.88. The predicted molar refractivity (Wildman–Crippen MR) is 55.6 cm³/mol. The number of hydrogen-bond donors (Lipinski definition) is 1. The number of hydrogen-bond acceptors (Lipinski definition) is 1. The number of nitrogens with one attached hydrogen (secondary N) is 1. The van der Waals surface area contributed by atoms with Crippen LogP contribution in [0, 0.1) is 6.92 Å². The van der Waals surface area contributed by atoms with Gasteiger partial charge in [0, 0.05) is 18.3 Å². The van der Waals surface area contributed by atoms with E-state index >= 15 is 0 Å². The van der Waals surface area contributed by atoms with Crippen molar-refractivity contribution in [1.82, 2.24) is 0 Å². The fourth-order valence-electron chi connectivity index (χ4n) is 1.65. The Morgan fingerprint density at radius 1 is 0.895 bits per heavy atom. The van der Waals surface area contributed by atoms with E-state index in [2.05, 4.69) is 5.32 Å². The highest BCUT2D eigenvalue weighted by molar-refractivity contribution is 5.52. The maximum Gasteiger partial charge on any atom is 0.435 e. The highest BCUT2D eigenvalue weighted by Crippen LogP contribution is 2.53. The minimum Gasteiger partial charge on any atom is -0.388 e. The smallest absolute Gasteiger partial charge is 0.388 e. The third-order valence-electron chi connectivity index (χ3n) is 2.67. The third kappa shape index (κ3) is 2.48. The normalized spacial score (nSPS) is 13.5. The van der Waals surface area contributed by atoms with E-state index in [1.807, 2.05) is 0 Å². The number of halogens is 7. The maximum absolute atomic E-state index is 13.7. The van der Waals surface area contributed by atoms with Gasteiger partial charge in [-0.05, 0) is 18.6 Å². The molecule has 0 atom stereocenters. The van der Waals surface area contributed by atoms with Gasteiger partial charge >= 0.3 is 18.0 Å². The molecule has 0 amide bonds. The number of anilines is 1. The summed E-state index contributed by atoms with van der Waals surface area (Å²) < 4.78 is 88.6. The predicted octanol–water partition coefficient (Wildman–Crippen LogP) is 4.33. The highest BCUT2D eigenvalue weighted by atomic mass is 19.4. The Hall–Kier alpha value is -1.47. The topological polar surface area (TPSA) is 12.0 Å². The number of alkyl halides is 7. The second-order valence-electron chi connectivity index (χ2n) is 3.93. The molecule has 0 aromatic heterocycles. The lowest BCUT2D eigenvalue weighted by Crippen LogP contribution is -2.50. The minimum absolute atomic E-state index is 0.0792. The zero-order valence-electron chi connectivity index (χ0n) is 9.88. The molecule has 19 heavy (non-hydrogen) atoms. The summed E-state index contributed by atoms with van der Waals surface area (Å²) in [5.41, 5.74) is -6.47. The van der Waals surface area contributed by atoms with E-state index in [1.54, 1.807) is 0 Å². The highest BCUT2D eigenvalue weighted by Gasteiger charge is 2.73. The molecular formula is C11H10F7N. The van der Waals surface area contributed by atoms with E-state index in [9.17, 15) is 30.7 Å². The first-order valence-electron chi connectivity index (χ1n) is 5.06. The van der Waals surface area contributed by atoms with E-state index in [4.69, 9.17) is 0 Å². The molecule has 0 radical (unpaired) electrons. The van der Waals surface area contributed by atoms with Crippen molar-refractivity contribution in [3.05, 3.63) is 29.3 Å². The molecule has 0 heterocycles. The van der Waals surface area contributed by atoms with Gasteiger partial charge in [0.25, 0.3) is 0 Å². The zero-order chi connectivity index (χ0) is 15.1. The summed E-state index contributed by atoms with van der Waals surface area (Å²) in [6.07, 6.45) is -12.2. The lowest BCUT2D eigenvalue weighted by Gasteiger charge is -2.30. The quantitative estimate of drug-likeness (QED) is 0.799. The first kappa shape index (κ1) is 15.6. The van der Waals surface area contributed by atoms with Gasteiger partial charge in [-0.2, -0.15) is 26.3 Å². The van der Waals surface area contributed by atoms with Crippen molar-refractivity contribution in [2.24, 2.45) is 0 Å². The van der Waals surface area contributed by atoms with Gasteiger partial charge in [-0.3, -0.25) is 0 Å². The number of benzene rings is 1. The average Bonchev–Trinajstić information content (AvgIpc) is 2.24. The van der Waals surface area contributed by atoms with Crippen LogP contribution in [0.2, 0.25) is 0 Å². The lowest BCUT2D eigenvalue weighted by atomic mass is 9.92. The molecule has 1 aromatic rings. The molecule has 0 aliphatic rings. The monoisotopic (exact) mass is 289 g/mol. The molecule has 0 unspecified atom stereocenters. The molecule has 1 rings (SSSR count). The van der Waals surface area contributed by atoms with Gasteiger partial charge in [-0.25, -0.2) is 4.39 Å². The molecule has 1 nitrogen and oxygen atoms in total. The van der Waals surface area contributed by atoms with Crippen molar-refractivity contribution in [1.29, 1.82) is 0 Å². The second-order valence-corrected chi connectivity index (χ2v) is 3.93. The van der Waals surface area contributed by atoms with Crippen molar-refractivity contribution < 1.29 is 30.7 Å². The molecular weight excluding hydrogens is 279 g/mol. The minimum atomic E-state index is -6.08. The summed E-state index contributed by atoms with van der Waals surface area (Å²) in [4.78, 5) is 0. The fourth-order valence-corrected chi connectivity index (χ4v) is 1.65. The summed E-state index contributed by atoms with van der Waals surface area (Å²) >= 11 is 0. The molecule has 1 aromatic carbocycles. The summed E-state index contributed by atoms with van der Waals surface area (Å²) in [6, 6.07) is 1.98. The van der Waals surface area contributed by atoms with E-state index in [-0.39, 0.29) is 5.56 Å². The van der Waals surface area contributed by atoms with Crippen LogP contribution >= 0.6 is 0 Å². The van der Waals surface area contributed by atoms with E-state index in [1.165, 1.54) is 14.0 Å². The molecule has 0 bridgehead atoms. The van der Waals surface area contributed by atoms with Crippen LogP contribution in [0.3, 0.4) is 0 Å². The first-order chi connectivity index (χ1) is 8.45. The van der Waals surface area contributed by atoms with Crippen LogP contribution in [0.25, 0.3) is 0 Å². The molecule has 0 aliphatic heterocycles. The van der Waals surface area contributed by atoms with Crippen molar-refractivity contribution in [3.8, 4) is 0 Å². The molecule has 0 saturated carbocycles. The van der Waals surface area contributed by atoms with Gasteiger partial charge in [0.2, 0.25) is 0 Å². The van der Waals surface area contributed by atoms with Crippen LogP contribution in [0.15, 0.2) is 18.2 Å². The van der Waals surface area contributed by atoms with E-state index in [0.717, 1.165) is 6.07 Å². The summed E-state index contributed by atoms with van der Waals surface area (Å²) in [5.74, 6) is 0. The number of aryl methyl sites for hydroxylation is 1. The van der Waals surface area contributed by atoms with Crippen LogP contribution in [0.4, 0.5) is 36.4 Å². The standard InChI is InChI=1S/C11H10F7N/c1-6-5-7(3-4-8(6)19-2)9(12,10(13,14)15)11(16,17)18/h3-5,19H,1-2H3. The molecule has 0 fully saturated rings. The third-order valence-corrected chi connectivity index (χ3v) is 2.67. The Labute approximate surface area is 104 Å². The van der Waals surface area contributed by atoms with Crippen LogP contribution in [0.1, 0.15) is 11.1 Å². The molecule has 0 spiro atoms. The first-order valence-corrected chi connectivity index (χ1v) is 5.06. The molecule has 0 aliphatic carbocycles. The Kier molecular flexibility index (Phi) is 3.75. The number of rotatable bonds is 2. The van der Waals surface area contributed by atoms with Gasteiger partial charge in [-0.15, -0.1) is 0 Å². The fraction of sp³-hybridized carbons (Fsp3) is 0.455. The second kappa shape index (κ2) is 4.57. The van der Waals surface area contributed by atoms with Crippen LogP contribution in [-0.4, -0.2) is 19.4 Å². The van der Waals surface area contributed by atoms with Gasteiger partial charge in [0.15, 0.2) is 0 Å². The lowest BCUT2D eigenvalue weighted by molar-refractivity contribution is -0.348. The van der Waals surface area contributed by atoms with Crippen molar-refractivity contribution >= 4 is 5.69 Å². The van der Waals surface area contributed by atoms with E-state index in [0.29, 0.717) is 17.8 Å². The van der Waals surface area contributed by atoms with Crippen molar-refractivity contribution in [2.75, 3.05) is 12.4 Å². The van der Waals surface area contributed by atoms with Gasteiger partial charge in [-0.1, -0.05) is 12.1 Å². The van der Waals surface area contributed by atoms with Crippen LogP contribution in [0.5, 0.6) is 0 Å². The average molecular weight is 289 g/mol. The largest absolute Gasteiger partial charge is 0.435 e. The maximum atomic E-state index is 13.7. The van der Waals surface area contributed by atoms with Gasteiger partial charge in [0.05, 0.1) is 0 Å². The summed E-state index contributed by atoms with van der Waals surface area (Å²) in [5, 5.41) is 2.57. The SMILES string of the molecule is CNc1ccc(C(F)(C(F)(F)F)C(F)(F)F)cc1C. The molecule has 8 heteroatoms. The Morgan fingerprint density at radius 2 is 1.37 bits per heavy atom. The van der Waals surface area contributed by atoms with E-state index < -0.39 is 23.6 Å². The molecule has 1 N–H and O–H groups in total. The van der Waals surface area contributed by atoms with Crippen molar-refractivity contribution in [2.45, 2.75) is 24.9 Å².